The van der Waals surface area contributed by atoms with Gasteiger partial charge in [-0.15, -0.1) is 11.3 Å². The summed E-state index contributed by atoms with van der Waals surface area (Å²) in [5, 5.41) is 15.9. The molecule has 0 spiro atoms. The fraction of sp³-hybridized carbons (Fsp3) is 0.421. The van der Waals surface area contributed by atoms with Crippen molar-refractivity contribution < 1.29 is 14.5 Å². The van der Waals surface area contributed by atoms with E-state index in [4.69, 9.17) is 0 Å². The van der Waals surface area contributed by atoms with Crippen LogP contribution >= 0.6 is 11.3 Å². The van der Waals surface area contributed by atoms with Crippen molar-refractivity contribution in [2.24, 2.45) is 0 Å². The van der Waals surface area contributed by atoms with Gasteiger partial charge in [-0.3, -0.25) is 19.7 Å². The van der Waals surface area contributed by atoms with Gasteiger partial charge in [-0.2, -0.15) is 0 Å². The molecule has 0 radical (unpaired) electrons. The maximum atomic E-state index is 13.1. The number of aryl methyl sites for hydroxylation is 1. The van der Waals surface area contributed by atoms with E-state index in [1.807, 2.05) is 12.3 Å². The number of nitro groups is 1. The number of carbonyl (C=O) groups excluding carboxylic acids is 2. The Balaban J connectivity index is 1.76. The molecule has 3 rings (SSSR count). The largest absolute Gasteiger partial charge is 0.326 e. The van der Waals surface area contributed by atoms with Gasteiger partial charge in [0.15, 0.2) is 5.13 Å². The third-order valence-corrected chi connectivity index (χ3v) is 5.66. The lowest BCUT2D eigenvalue weighted by Crippen LogP contribution is -2.45. The molecule has 1 aliphatic rings. The Morgan fingerprint density at radius 1 is 1.25 bits per heavy atom. The van der Waals surface area contributed by atoms with E-state index in [0.717, 1.165) is 37.8 Å². The molecule has 0 aliphatic heterocycles. The Hall–Kier alpha value is -2.81. The van der Waals surface area contributed by atoms with Gasteiger partial charge >= 0.3 is 0 Å². The fourth-order valence-electron chi connectivity index (χ4n) is 3.38. The van der Waals surface area contributed by atoms with Crippen LogP contribution in [0.25, 0.3) is 0 Å². The van der Waals surface area contributed by atoms with Crippen molar-refractivity contribution in [2.75, 3.05) is 11.9 Å². The zero-order valence-electron chi connectivity index (χ0n) is 15.6. The van der Waals surface area contributed by atoms with Crippen LogP contribution in [0.4, 0.5) is 10.8 Å². The van der Waals surface area contributed by atoms with Crippen LogP contribution < -0.4 is 5.32 Å². The molecule has 2 amide bonds. The second-order valence-electron chi connectivity index (χ2n) is 6.87. The number of nitro benzene ring substituents is 1. The van der Waals surface area contributed by atoms with Gasteiger partial charge in [0, 0.05) is 29.1 Å². The van der Waals surface area contributed by atoms with Crippen molar-refractivity contribution >= 4 is 34.0 Å². The molecule has 0 saturated heterocycles. The highest BCUT2D eigenvalue weighted by atomic mass is 32.1. The van der Waals surface area contributed by atoms with Crippen molar-refractivity contribution in [1.82, 2.24) is 9.88 Å². The maximum absolute atomic E-state index is 13.1. The first-order valence-corrected chi connectivity index (χ1v) is 10.1. The lowest BCUT2D eigenvalue weighted by Gasteiger charge is -2.34. The van der Waals surface area contributed by atoms with Crippen LogP contribution in [-0.4, -0.2) is 39.2 Å². The first-order chi connectivity index (χ1) is 13.4. The van der Waals surface area contributed by atoms with Gasteiger partial charge in [0.2, 0.25) is 5.91 Å². The van der Waals surface area contributed by atoms with E-state index < -0.39 is 4.92 Å². The minimum atomic E-state index is -0.503. The lowest BCUT2D eigenvalue weighted by atomic mass is 9.93. The first kappa shape index (κ1) is 19.9. The number of thiazole rings is 1. The number of rotatable bonds is 6. The molecule has 1 aromatic heterocycles. The Morgan fingerprint density at radius 2 is 1.93 bits per heavy atom. The van der Waals surface area contributed by atoms with Crippen LogP contribution in [0, 0.1) is 17.0 Å². The monoisotopic (exact) mass is 402 g/mol. The molecule has 0 bridgehead atoms. The van der Waals surface area contributed by atoms with E-state index in [2.05, 4.69) is 10.3 Å². The summed E-state index contributed by atoms with van der Waals surface area (Å²) >= 11 is 1.34. The Morgan fingerprint density at radius 3 is 2.50 bits per heavy atom. The molecule has 28 heavy (non-hydrogen) atoms. The van der Waals surface area contributed by atoms with Gasteiger partial charge in [-0.1, -0.05) is 19.3 Å². The summed E-state index contributed by atoms with van der Waals surface area (Å²) in [4.78, 5) is 41.8. The fourth-order valence-corrected chi connectivity index (χ4v) is 4.08. The summed E-state index contributed by atoms with van der Waals surface area (Å²) in [7, 11) is 0. The number of hydrogen-bond acceptors (Lipinski definition) is 6. The summed E-state index contributed by atoms with van der Waals surface area (Å²) in [6.07, 6.45) is 4.86. The molecule has 9 heteroatoms. The lowest BCUT2D eigenvalue weighted by molar-refractivity contribution is -0.384. The molecule has 1 aromatic carbocycles. The van der Waals surface area contributed by atoms with Gasteiger partial charge in [0.1, 0.15) is 6.54 Å². The molecule has 148 valence electrons. The standard InChI is InChI=1S/C19H22N4O4S/c1-13-12-28-19(20-13)21-17(24)11-22(15-5-3-2-4-6-15)18(25)14-7-9-16(10-8-14)23(26)27/h7-10,12,15H,2-6,11H2,1H3,(H,20,21,24). The number of anilines is 1. The molecule has 1 fully saturated rings. The second-order valence-corrected chi connectivity index (χ2v) is 7.73. The highest BCUT2D eigenvalue weighted by molar-refractivity contribution is 7.13. The first-order valence-electron chi connectivity index (χ1n) is 9.21. The SMILES string of the molecule is Cc1csc(NC(=O)CN(C(=O)c2ccc([N+](=O)[O-])cc2)C2CCCCC2)n1. The number of non-ortho nitro benzene ring substituents is 1. The summed E-state index contributed by atoms with van der Waals surface area (Å²) in [5.74, 6) is -0.581. The van der Waals surface area contributed by atoms with Crippen LogP contribution in [0.1, 0.15) is 48.2 Å². The molecule has 1 N–H and O–H groups in total. The van der Waals surface area contributed by atoms with Crippen molar-refractivity contribution in [2.45, 2.75) is 45.1 Å². The maximum Gasteiger partial charge on any atom is 0.269 e. The number of hydrogen-bond donors (Lipinski definition) is 1. The summed E-state index contributed by atoms with van der Waals surface area (Å²) in [6.45, 7) is 1.78. The third kappa shape index (κ3) is 4.92. The van der Waals surface area contributed by atoms with Crippen LogP contribution in [0.15, 0.2) is 29.6 Å². The predicted octanol–water partition coefficient (Wildman–Crippen LogP) is 3.77. The van der Waals surface area contributed by atoms with Crippen molar-refractivity contribution in [3.8, 4) is 0 Å². The smallest absolute Gasteiger partial charge is 0.269 e. The summed E-state index contributed by atoms with van der Waals surface area (Å²) < 4.78 is 0. The van der Waals surface area contributed by atoms with E-state index in [9.17, 15) is 19.7 Å². The van der Waals surface area contributed by atoms with Crippen molar-refractivity contribution in [3.05, 3.63) is 51.0 Å². The van der Waals surface area contributed by atoms with Crippen LogP contribution in [0.3, 0.4) is 0 Å². The van der Waals surface area contributed by atoms with E-state index >= 15 is 0 Å². The van der Waals surface area contributed by atoms with Crippen LogP contribution in [-0.2, 0) is 4.79 Å². The molecular weight excluding hydrogens is 380 g/mol. The number of aromatic nitrogens is 1. The van der Waals surface area contributed by atoms with Gasteiger partial charge in [0.25, 0.3) is 11.6 Å². The van der Waals surface area contributed by atoms with Crippen LogP contribution in [0.2, 0.25) is 0 Å². The highest BCUT2D eigenvalue weighted by Crippen LogP contribution is 2.25. The molecule has 1 aliphatic carbocycles. The van der Waals surface area contributed by atoms with Crippen LogP contribution in [0.5, 0.6) is 0 Å². The minimum Gasteiger partial charge on any atom is -0.326 e. The van der Waals surface area contributed by atoms with Gasteiger partial charge in [0.05, 0.1) is 10.6 Å². The topological polar surface area (TPSA) is 105 Å². The molecule has 0 unspecified atom stereocenters. The predicted molar refractivity (Wildman–Crippen MR) is 106 cm³/mol. The molecule has 8 nitrogen and oxygen atoms in total. The average Bonchev–Trinajstić information content (AvgIpc) is 3.11. The van der Waals surface area contributed by atoms with Crippen molar-refractivity contribution in [3.63, 3.8) is 0 Å². The molecule has 2 aromatic rings. The minimum absolute atomic E-state index is 0.0137. The zero-order chi connectivity index (χ0) is 20.1. The Bertz CT molecular complexity index is 859. The number of carbonyl (C=O) groups is 2. The summed E-state index contributed by atoms with van der Waals surface area (Å²) in [5.41, 5.74) is 1.10. The van der Waals surface area contributed by atoms with Gasteiger partial charge in [-0.25, -0.2) is 4.98 Å². The van der Waals surface area contributed by atoms with E-state index in [0.29, 0.717) is 10.7 Å². The van der Waals surface area contributed by atoms with Gasteiger partial charge < -0.3 is 10.2 Å². The highest BCUT2D eigenvalue weighted by Gasteiger charge is 2.28. The number of nitrogens with one attached hydrogen (secondary N) is 1. The number of benzene rings is 1. The zero-order valence-corrected chi connectivity index (χ0v) is 16.4. The van der Waals surface area contributed by atoms with Gasteiger partial charge in [-0.05, 0) is 31.9 Å². The Labute approximate surface area is 166 Å². The average molecular weight is 402 g/mol. The number of nitrogens with zero attached hydrogens (tertiary/aromatic N) is 3. The molecular formula is C19H22N4O4S. The van der Waals surface area contributed by atoms with E-state index in [-0.39, 0.29) is 30.1 Å². The Kier molecular flexibility index (Phi) is 6.35. The second kappa shape index (κ2) is 8.92. The third-order valence-electron chi connectivity index (χ3n) is 4.78. The normalized spacial score (nSPS) is 14.5. The molecule has 0 atom stereocenters. The van der Waals surface area contributed by atoms with E-state index in [1.165, 1.54) is 35.6 Å². The summed E-state index contributed by atoms with van der Waals surface area (Å²) in [6, 6.07) is 5.49. The van der Waals surface area contributed by atoms with E-state index in [1.54, 1.807) is 4.90 Å². The van der Waals surface area contributed by atoms with Crippen molar-refractivity contribution in [1.29, 1.82) is 0 Å². The quantitative estimate of drug-likeness (QED) is 0.585. The molecule has 1 saturated carbocycles. The molecule has 1 heterocycles. The number of amides is 2.